The van der Waals surface area contributed by atoms with Crippen LogP contribution in [0.25, 0.3) is 0 Å². The van der Waals surface area contributed by atoms with E-state index >= 15 is 0 Å². The fraction of sp³-hybridized carbons (Fsp3) is 0.524. The van der Waals surface area contributed by atoms with Gasteiger partial charge in [0, 0.05) is 68.8 Å². The number of hydrogen-bond acceptors (Lipinski definition) is 11. The first kappa shape index (κ1) is 23.9. The maximum Gasteiger partial charge on any atom is 0.233 e. The summed E-state index contributed by atoms with van der Waals surface area (Å²) in [5.74, 6) is 1.38. The Morgan fingerprint density at radius 2 is 1.29 bits per heavy atom. The second-order valence-corrected chi connectivity index (χ2v) is 9.20. The van der Waals surface area contributed by atoms with Gasteiger partial charge in [-0.1, -0.05) is 0 Å². The van der Waals surface area contributed by atoms with E-state index in [4.69, 9.17) is 39.1 Å². The van der Waals surface area contributed by atoms with Gasteiger partial charge in [-0.15, -0.1) is 0 Å². The Bertz CT molecular complexity index is 932. The summed E-state index contributed by atoms with van der Waals surface area (Å²) in [6.07, 6.45) is 1.52. The van der Waals surface area contributed by atoms with Crippen LogP contribution in [-0.2, 0) is 0 Å². The Balaban J connectivity index is 1.63. The molecule has 12 N–H and O–H groups in total. The molecule has 34 heavy (non-hydrogen) atoms. The Morgan fingerprint density at radius 3 is 1.71 bits per heavy atom. The van der Waals surface area contributed by atoms with Gasteiger partial charge < -0.3 is 48.7 Å². The predicted molar refractivity (Wildman–Crippen MR) is 135 cm³/mol. The first-order valence-corrected chi connectivity index (χ1v) is 11.4. The second kappa shape index (κ2) is 9.93. The van der Waals surface area contributed by atoms with Gasteiger partial charge in [-0.05, 0) is 37.1 Å². The molecule has 13 nitrogen and oxygen atoms in total. The number of piperidine rings is 2. The highest BCUT2D eigenvalue weighted by atomic mass is 15.4. The van der Waals surface area contributed by atoms with Gasteiger partial charge in [0.15, 0.2) is 5.96 Å². The number of nitrogens with two attached hydrogens (primary N) is 5. The zero-order valence-corrected chi connectivity index (χ0v) is 19.4. The van der Waals surface area contributed by atoms with E-state index in [0.717, 1.165) is 24.2 Å². The van der Waals surface area contributed by atoms with Crippen molar-refractivity contribution >= 4 is 35.2 Å². The third kappa shape index (κ3) is 5.62. The maximum atomic E-state index is 7.59. The van der Waals surface area contributed by atoms with Gasteiger partial charge in [-0.25, -0.2) is 0 Å². The highest BCUT2D eigenvalue weighted by molar-refractivity contribution is 5.92. The van der Waals surface area contributed by atoms with E-state index in [9.17, 15) is 0 Å². The Kier molecular flexibility index (Phi) is 6.97. The number of nitrogens with one attached hydrogen (secondary N) is 2. The van der Waals surface area contributed by atoms with Gasteiger partial charge in [0.05, 0.1) is 0 Å². The molecule has 13 heteroatoms. The summed E-state index contributed by atoms with van der Waals surface area (Å²) in [6.45, 7) is 2.45. The lowest BCUT2D eigenvalue weighted by Crippen LogP contribution is -2.54. The lowest BCUT2D eigenvalue weighted by atomic mass is 10.0. The fourth-order valence-electron chi connectivity index (χ4n) is 4.41. The molecule has 0 amide bonds. The van der Waals surface area contributed by atoms with Gasteiger partial charge in [0.25, 0.3) is 0 Å². The lowest BCUT2D eigenvalue weighted by Gasteiger charge is -2.37. The molecule has 2 aliphatic heterocycles. The van der Waals surface area contributed by atoms with Crippen molar-refractivity contribution in [1.29, 1.82) is 5.41 Å². The predicted octanol–water partition coefficient (Wildman–Crippen LogP) is -1.33. The van der Waals surface area contributed by atoms with E-state index in [-0.39, 0.29) is 30.1 Å². The summed E-state index contributed by atoms with van der Waals surface area (Å²) in [4.78, 5) is 19.7. The van der Waals surface area contributed by atoms with E-state index < -0.39 is 0 Å². The molecule has 0 spiro atoms. The summed E-state index contributed by atoms with van der Waals surface area (Å²) in [6, 6.07) is 7.25. The second-order valence-electron chi connectivity index (χ2n) is 9.20. The summed E-state index contributed by atoms with van der Waals surface area (Å²) < 4.78 is 0. The van der Waals surface area contributed by atoms with Gasteiger partial charge in [-0.3, -0.25) is 5.41 Å². The van der Waals surface area contributed by atoms with Crippen molar-refractivity contribution in [1.82, 2.24) is 15.0 Å². The van der Waals surface area contributed by atoms with Gasteiger partial charge in [0.2, 0.25) is 17.8 Å². The Morgan fingerprint density at radius 1 is 0.853 bits per heavy atom. The summed E-state index contributed by atoms with van der Waals surface area (Å²) >= 11 is 0. The molecule has 4 rings (SSSR count). The quantitative estimate of drug-likeness (QED) is 0.200. The van der Waals surface area contributed by atoms with Crippen molar-refractivity contribution in [3.05, 3.63) is 24.3 Å². The van der Waals surface area contributed by atoms with Crippen molar-refractivity contribution in [2.75, 3.05) is 53.2 Å². The summed E-state index contributed by atoms with van der Waals surface area (Å²) in [7, 11) is 1.73. The number of aromatic nitrogens is 3. The molecule has 2 fully saturated rings. The molecule has 2 aromatic rings. The largest absolute Gasteiger partial charge is 0.370 e. The van der Waals surface area contributed by atoms with Crippen molar-refractivity contribution in [2.45, 2.75) is 37.0 Å². The monoisotopic (exact) mass is 469 g/mol. The zero-order chi connectivity index (χ0) is 24.4. The van der Waals surface area contributed by atoms with Gasteiger partial charge in [-0.2, -0.15) is 15.0 Å². The molecule has 0 saturated carbocycles. The van der Waals surface area contributed by atoms with Crippen LogP contribution >= 0.6 is 0 Å². The molecule has 0 bridgehead atoms. The minimum absolute atomic E-state index is 0.0386. The average Bonchev–Trinajstić information content (AvgIpc) is 2.77. The summed E-state index contributed by atoms with van der Waals surface area (Å²) in [5.41, 5.74) is 32.0. The van der Waals surface area contributed by atoms with Crippen molar-refractivity contribution in [3.63, 3.8) is 0 Å². The molecule has 0 radical (unpaired) electrons. The Hall–Kier alpha value is -3.26. The topological polar surface area (TPSA) is 214 Å². The molecule has 1 aromatic heterocycles. The van der Waals surface area contributed by atoms with Crippen molar-refractivity contribution in [2.24, 2.45) is 28.7 Å². The third-order valence-corrected chi connectivity index (χ3v) is 6.08. The molecule has 2 saturated heterocycles. The first-order chi connectivity index (χ1) is 16.2. The van der Waals surface area contributed by atoms with Crippen LogP contribution in [0.1, 0.15) is 12.8 Å². The van der Waals surface area contributed by atoms with Crippen LogP contribution in [0.15, 0.2) is 24.3 Å². The Labute approximate surface area is 199 Å². The summed E-state index contributed by atoms with van der Waals surface area (Å²) in [5, 5.41) is 10.8. The SMILES string of the molecule is CN(C(=N)N)c1ccc(Nc2nc(N3C[C@H](N)C[C@H](N)C3)nc(N3C[C@H](N)C[C@H](N)C3)n2)cc1. The normalized spacial score (nSPS) is 25.2. The highest BCUT2D eigenvalue weighted by Gasteiger charge is 2.28. The van der Waals surface area contributed by atoms with E-state index in [1.807, 2.05) is 34.1 Å². The molecule has 1 aromatic carbocycles. The van der Waals surface area contributed by atoms with Crippen LogP contribution in [0.4, 0.5) is 29.2 Å². The molecule has 2 aliphatic rings. The van der Waals surface area contributed by atoms with Crippen LogP contribution in [0.3, 0.4) is 0 Å². The number of benzene rings is 1. The fourth-order valence-corrected chi connectivity index (χ4v) is 4.41. The van der Waals surface area contributed by atoms with Crippen LogP contribution < -0.4 is 48.7 Å². The first-order valence-electron chi connectivity index (χ1n) is 11.4. The molecular weight excluding hydrogens is 434 g/mol. The number of anilines is 5. The molecule has 0 unspecified atom stereocenters. The van der Waals surface area contributed by atoms with Crippen LogP contribution in [0.5, 0.6) is 0 Å². The highest BCUT2D eigenvalue weighted by Crippen LogP contribution is 2.24. The van der Waals surface area contributed by atoms with Crippen LogP contribution in [-0.4, -0.2) is 78.3 Å². The molecule has 184 valence electrons. The smallest absolute Gasteiger partial charge is 0.233 e. The third-order valence-electron chi connectivity index (χ3n) is 6.08. The minimum Gasteiger partial charge on any atom is -0.370 e. The van der Waals surface area contributed by atoms with E-state index in [1.54, 1.807) is 11.9 Å². The van der Waals surface area contributed by atoms with Crippen LogP contribution in [0.2, 0.25) is 0 Å². The molecule has 4 atom stereocenters. The van der Waals surface area contributed by atoms with E-state index in [1.165, 1.54) is 0 Å². The molecule has 3 heterocycles. The zero-order valence-electron chi connectivity index (χ0n) is 19.4. The average molecular weight is 470 g/mol. The maximum absolute atomic E-state index is 7.59. The van der Waals surface area contributed by atoms with Gasteiger partial charge in [0.1, 0.15) is 0 Å². The number of guanidine groups is 1. The lowest BCUT2D eigenvalue weighted by molar-refractivity contribution is 0.441. The number of rotatable bonds is 5. The standard InChI is InChI=1S/C21H35N13/c1-32(18(26)27)17-4-2-16(3-5-17)28-19-29-20(33-8-12(22)6-13(23)9-33)31-21(30-19)34-10-14(24)7-15(25)11-34/h2-5,12-15H,6-11,22-25H2,1H3,(H3,26,27)(H,28,29,30,31)/t12-,13+,14-,15+. The van der Waals surface area contributed by atoms with E-state index in [0.29, 0.717) is 44.0 Å². The van der Waals surface area contributed by atoms with E-state index in [2.05, 4.69) is 15.3 Å². The number of hydrogen-bond donors (Lipinski definition) is 7. The molecule has 0 aliphatic carbocycles. The van der Waals surface area contributed by atoms with Crippen LogP contribution in [0, 0.1) is 5.41 Å². The van der Waals surface area contributed by atoms with Crippen molar-refractivity contribution < 1.29 is 0 Å². The molecular formula is C21H35N13. The van der Waals surface area contributed by atoms with Gasteiger partial charge >= 0.3 is 0 Å². The van der Waals surface area contributed by atoms with Crippen molar-refractivity contribution in [3.8, 4) is 0 Å². The minimum atomic E-state index is -0.0528. The number of nitrogens with zero attached hydrogens (tertiary/aromatic N) is 6.